The van der Waals surface area contributed by atoms with Gasteiger partial charge in [-0.25, -0.2) is 4.79 Å². The van der Waals surface area contributed by atoms with E-state index in [1.807, 2.05) is 12.1 Å². The molecule has 0 aromatic heterocycles. The van der Waals surface area contributed by atoms with E-state index in [2.05, 4.69) is 11.7 Å². The first-order valence-electron chi connectivity index (χ1n) is 7.54. The van der Waals surface area contributed by atoms with Gasteiger partial charge in [0, 0.05) is 0 Å². The average molecular weight is 338 g/mol. The Labute approximate surface area is 138 Å². The fourth-order valence-corrected chi connectivity index (χ4v) is 2.06. The van der Waals surface area contributed by atoms with Crippen molar-refractivity contribution in [2.24, 2.45) is 0 Å². The Morgan fingerprint density at radius 3 is 2.08 bits per heavy atom. The van der Waals surface area contributed by atoms with Gasteiger partial charge in [0.2, 0.25) is 0 Å². The number of halogens is 3. The maximum Gasteiger partial charge on any atom is 0.573 e. The van der Waals surface area contributed by atoms with Gasteiger partial charge in [0.05, 0.1) is 5.56 Å². The molecule has 6 heteroatoms. The predicted octanol–water partition coefficient (Wildman–Crippen LogP) is 5.15. The molecule has 0 unspecified atom stereocenters. The van der Waals surface area contributed by atoms with Gasteiger partial charge in [-0.05, 0) is 54.8 Å². The van der Waals surface area contributed by atoms with Crippen LogP contribution in [0.15, 0.2) is 48.5 Å². The normalized spacial score (nSPS) is 11.2. The molecule has 2 aromatic carbocycles. The fourth-order valence-electron chi connectivity index (χ4n) is 2.06. The number of carbonyl (C=O) groups excluding carboxylic acids is 1. The third kappa shape index (κ3) is 5.61. The molecule has 2 rings (SSSR count). The highest BCUT2D eigenvalue weighted by atomic mass is 19.4. The Hall–Kier alpha value is -2.50. The lowest BCUT2D eigenvalue weighted by molar-refractivity contribution is -0.274. The number of alkyl halides is 3. The second-order valence-corrected chi connectivity index (χ2v) is 5.21. The van der Waals surface area contributed by atoms with Crippen LogP contribution >= 0.6 is 0 Å². The number of hydrogen-bond acceptors (Lipinski definition) is 3. The van der Waals surface area contributed by atoms with Gasteiger partial charge < -0.3 is 9.47 Å². The van der Waals surface area contributed by atoms with Crippen LogP contribution in [0.4, 0.5) is 13.2 Å². The van der Waals surface area contributed by atoms with E-state index in [1.165, 1.54) is 12.1 Å². The Kier molecular flexibility index (Phi) is 5.84. The number of esters is 1. The third-order valence-corrected chi connectivity index (χ3v) is 3.28. The molecule has 24 heavy (non-hydrogen) atoms. The molecule has 0 fully saturated rings. The highest BCUT2D eigenvalue weighted by Gasteiger charge is 2.31. The number of carbonyl (C=O) groups is 1. The molecule has 0 heterocycles. The van der Waals surface area contributed by atoms with Crippen LogP contribution in [0.1, 0.15) is 35.7 Å². The maximum absolute atomic E-state index is 12.1. The zero-order valence-electron chi connectivity index (χ0n) is 13.1. The van der Waals surface area contributed by atoms with Crippen LogP contribution in [0.3, 0.4) is 0 Å². The van der Waals surface area contributed by atoms with Crippen LogP contribution in [0.25, 0.3) is 0 Å². The molecule has 2 aromatic rings. The van der Waals surface area contributed by atoms with Crippen LogP contribution in [-0.2, 0) is 6.42 Å². The molecule has 0 aliphatic rings. The maximum atomic E-state index is 12.1. The van der Waals surface area contributed by atoms with Crippen LogP contribution in [0.2, 0.25) is 0 Å². The van der Waals surface area contributed by atoms with Gasteiger partial charge in [-0.3, -0.25) is 0 Å². The van der Waals surface area contributed by atoms with Crippen molar-refractivity contribution in [3.8, 4) is 11.5 Å². The van der Waals surface area contributed by atoms with E-state index in [4.69, 9.17) is 4.74 Å². The Morgan fingerprint density at radius 1 is 0.958 bits per heavy atom. The predicted molar refractivity (Wildman–Crippen MR) is 83.1 cm³/mol. The minimum atomic E-state index is -4.76. The summed E-state index contributed by atoms with van der Waals surface area (Å²) in [7, 11) is 0. The molecule has 0 N–H and O–H groups in total. The largest absolute Gasteiger partial charge is 0.573 e. The van der Waals surface area contributed by atoms with Crippen molar-refractivity contribution >= 4 is 5.97 Å². The quantitative estimate of drug-likeness (QED) is 0.540. The molecule has 0 spiro atoms. The topological polar surface area (TPSA) is 35.5 Å². The van der Waals surface area contributed by atoms with Gasteiger partial charge in [0.25, 0.3) is 0 Å². The molecule has 0 atom stereocenters. The van der Waals surface area contributed by atoms with E-state index in [0.29, 0.717) is 5.75 Å². The van der Waals surface area contributed by atoms with E-state index in [0.717, 1.165) is 37.0 Å². The van der Waals surface area contributed by atoms with Crippen LogP contribution in [0, 0.1) is 0 Å². The van der Waals surface area contributed by atoms with E-state index >= 15 is 0 Å². The summed E-state index contributed by atoms with van der Waals surface area (Å²) in [5.74, 6) is -0.648. The summed E-state index contributed by atoms with van der Waals surface area (Å²) in [6.45, 7) is 2.11. The summed E-state index contributed by atoms with van der Waals surface area (Å²) in [5, 5.41) is 0. The Balaban J connectivity index is 1.96. The van der Waals surface area contributed by atoms with E-state index in [1.54, 1.807) is 12.1 Å². The molecular weight excluding hydrogens is 321 g/mol. The molecule has 0 saturated heterocycles. The summed E-state index contributed by atoms with van der Waals surface area (Å²) >= 11 is 0. The first-order chi connectivity index (χ1) is 11.4. The number of benzene rings is 2. The first-order valence-corrected chi connectivity index (χ1v) is 7.54. The monoisotopic (exact) mass is 338 g/mol. The van der Waals surface area contributed by atoms with Gasteiger partial charge in [-0.1, -0.05) is 25.5 Å². The van der Waals surface area contributed by atoms with Crippen molar-refractivity contribution in [1.29, 1.82) is 0 Å². The van der Waals surface area contributed by atoms with Gasteiger partial charge in [-0.15, -0.1) is 13.2 Å². The Morgan fingerprint density at radius 2 is 1.54 bits per heavy atom. The molecule has 3 nitrogen and oxygen atoms in total. The summed E-state index contributed by atoms with van der Waals surface area (Å²) in [6.07, 6.45) is -1.61. The lowest BCUT2D eigenvalue weighted by atomic mass is 10.1. The lowest BCUT2D eigenvalue weighted by Gasteiger charge is -2.09. The summed E-state index contributed by atoms with van der Waals surface area (Å²) in [6, 6.07) is 11.7. The molecule has 0 radical (unpaired) electrons. The van der Waals surface area contributed by atoms with Crippen LogP contribution in [0.5, 0.6) is 11.5 Å². The molecule has 0 aliphatic carbocycles. The van der Waals surface area contributed by atoms with E-state index in [-0.39, 0.29) is 11.3 Å². The number of hydrogen-bond donors (Lipinski definition) is 0. The van der Waals surface area contributed by atoms with Crippen molar-refractivity contribution in [2.45, 2.75) is 32.5 Å². The second-order valence-electron chi connectivity index (χ2n) is 5.21. The Bertz CT molecular complexity index is 661. The van der Waals surface area contributed by atoms with Crippen molar-refractivity contribution < 1.29 is 27.4 Å². The molecule has 0 saturated carbocycles. The minimum Gasteiger partial charge on any atom is -0.423 e. The lowest BCUT2D eigenvalue weighted by Crippen LogP contribution is -2.17. The zero-order valence-corrected chi connectivity index (χ0v) is 13.1. The molecule has 0 amide bonds. The zero-order chi connectivity index (χ0) is 17.6. The highest BCUT2D eigenvalue weighted by molar-refractivity contribution is 5.91. The van der Waals surface area contributed by atoms with Gasteiger partial charge in [-0.2, -0.15) is 0 Å². The van der Waals surface area contributed by atoms with Gasteiger partial charge in [0.1, 0.15) is 11.5 Å². The minimum absolute atomic E-state index is 0.139. The number of aryl methyl sites for hydroxylation is 1. The van der Waals surface area contributed by atoms with E-state index < -0.39 is 12.3 Å². The first kappa shape index (κ1) is 17.8. The van der Waals surface area contributed by atoms with E-state index in [9.17, 15) is 18.0 Å². The smallest absolute Gasteiger partial charge is 0.423 e. The SMILES string of the molecule is CCCCc1ccc(OC(=O)c2ccc(OC(F)(F)F)cc2)cc1. The van der Waals surface area contributed by atoms with Gasteiger partial charge in [0.15, 0.2) is 0 Å². The molecule has 0 aliphatic heterocycles. The van der Waals surface area contributed by atoms with Crippen LogP contribution in [-0.4, -0.2) is 12.3 Å². The summed E-state index contributed by atoms with van der Waals surface area (Å²) in [5.41, 5.74) is 1.30. The highest BCUT2D eigenvalue weighted by Crippen LogP contribution is 2.23. The molecule has 128 valence electrons. The second kappa shape index (κ2) is 7.86. The van der Waals surface area contributed by atoms with Crippen molar-refractivity contribution in [3.05, 3.63) is 59.7 Å². The number of unbranched alkanes of at least 4 members (excludes halogenated alkanes) is 1. The average Bonchev–Trinajstić information content (AvgIpc) is 2.53. The molecular formula is C18H17F3O3. The third-order valence-electron chi connectivity index (χ3n) is 3.28. The van der Waals surface area contributed by atoms with Crippen molar-refractivity contribution in [1.82, 2.24) is 0 Å². The molecule has 0 bridgehead atoms. The fraction of sp³-hybridized carbons (Fsp3) is 0.278. The number of rotatable bonds is 6. The summed E-state index contributed by atoms with van der Waals surface area (Å²) < 4.78 is 45.2. The van der Waals surface area contributed by atoms with Crippen molar-refractivity contribution in [2.75, 3.05) is 0 Å². The van der Waals surface area contributed by atoms with Gasteiger partial charge >= 0.3 is 12.3 Å². The number of ether oxygens (including phenoxy) is 2. The van der Waals surface area contributed by atoms with Crippen molar-refractivity contribution in [3.63, 3.8) is 0 Å². The van der Waals surface area contributed by atoms with Crippen LogP contribution < -0.4 is 9.47 Å². The summed E-state index contributed by atoms with van der Waals surface area (Å²) in [4.78, 5) is 12.0. The standard InChI is InChI=1S/C18H17F3O3/c1-2-3-4-13-5-9-15(10-6-13)23-17(22)14-7-11-16(12-8-14)24-18(19,20)21/h5-12H,2-4H2,1H3.